The van der Waals surface area contributed by atoms with Gasteiger partial charge >= 0.3 is 0 Å². The van der Waals surface area contributed by atoms with E-state index in [-0.39, 0.29) is 30.6 Å². The molecule has 3 aromatic rings. The van der Waals surface area contributed by atoms with Crippen LogP contribution in [0.2, 0.25) is 0 Å². The fraction of sp³-hybridized carbons (Fsp3) is 0.167. The third-order valence-corrected chi connectivity index (χ3v) is 4.42. The average molecular weight is 424 g/mol. The number of halogens is 2. The third-order valence-electron chi connectivity index (χ3n) is 4.42. The predicted molar refractivity (Wildman–Crippen MR) is 114 cm³/mol. The van der Waals surface area contributed by atoms with E-state index in [1.54, 1.807) is 30.3 Å². The van der Waals surface area contributed by atoms with Crippen LogP contribution in [0, 0.1) is 11.6 Å². The molecular weight excluding hydrogens is 402 g/mol. The zero-order valence-electron chi connectivity index (χ0n) is 16.7. The smallest absolute Gasteiger partial charge is 0.255 e. The highest BCUT2D eigenvalue weighted by atomic mass is 19.1. The molecule has 31 heavy (non-hydrogen) atoms. The Hall–Kier alpha value is -3.74. The van der Waals surface area contributed by atoms with Gasteiger partial charge in [0.05, 0.1) is 6.61 Å². The van der Waals surface area contributed by atoms with Crippen LogP contribution in [-0.4, -0.2) is 18.4 Å². The van der Waals surface area contributed by atoms with E-state index < -0.39 is 11.6 Å². The van der Waals surface area contributed by atoms with Crippen molar-refractivity contribution in [3.63, 3.8) is 0 Å². The third kappa shape index (κ3) is 6.92. The van der Waals surface area contributed by atoms with Gasteiger partial charge in [0.1, 0.15) is 5.82 Å². The zero-order chi connectivity index (χ0) is 22.1. The van der Waals surface area contributed by atoms with Crippen molar-refractivity contribution >= 4 is 17.5 Å². The van der Waals surface area contributed by atoms with Crippen molar-refractivity contribution in [1.29, 1.82) is 0 Å². The molecule has 0 aliphatic carbocycles. The Labute approximate surface area is 179 Å². The lowest BCUT2D eigenvalue weighted by atomic mass is 10.1. The number of anilines is 1. The van der Waals surface area contributed by atoms with Crippen LogP contribution < -0.4 is 15.4 Å². The molecule has 7 heteroatoms. The summed E-state index contributed by atoms with van der Waals surface area (Å²) in [5.74, 6) is -1.18. The van der Waals surface area contributed by atoms with Gasteiger partial charge in [0.15, 0.2) is 11.6 Å². The Morgan fingerprint density at radius 2 is 1.68 bits per heavy atom. The predicted octanol–water partition coefficient (Wildman–Crippen LogP) is 4.69. The first-order valence-electron chi connectivity index (χ1n) is 9.81. The molecule has 0 saturated heterocycles. The number of ether oxygens (including phenoxy) is 1. The van der Waals surface area contributed by atoms with Crippen molar-refractivity contribution in [1.82, 2.24) is 5.32 Å². The Balaban J connectivity index is 1.42. The number of para-hydroxylation sites is 1. The zero-order valence-corrected chi connectivity index (χ0v) is 16.7. The molecule has 0 spiro atoms. The van der Waals surface area contributed by atoms with Crippen molar-refractivity contribution in [2.24, 2.45) is 0 Å². The number of carbonyl (C=O) groups excluding carboxylic acids is 2. The fourth-order valence-corrected chi connectivity index (χ4v) is 2.83. The van der Waals surface area contributed by atoms with E-state index in [1.807, 2.05) is 6.07 Å². The highest BCUT2D eigenvalue weighted by Gasteiger charge is 2.08. The lowest BCUT2D eigenvalue weighted by molar-refractivity contribution is -0.121. The Morgan fingerprint density at radius 3 is 2.45 bits per heavy atom. The largest absolute Gasteiger partial charge is 0.491 e. The van der Waals surface area contributed by atoms with Crippen LogP contribution in [0.15, 0.2) is 72.8 Å². The summed E-state index contributed by atoms with van der Waals surface area (Å²) in [4.78, 5) is 24.3. The number of benzene rings is 3. The number of amides is 2. The maximum atomic E-state index is 13.5. The van der Waals surface area contributed by atoms with Gasteiger partial charge < -0.3 is 15.4 Å². The van der Waals surface area contributed by atoms with Crippen molar-refractivity contribution in [3.05, 3.63) is 95.6 Å². The van der Waals surface area contributed by atoms with Crippen LogP contribution in [0.5, 0.6) is 5.75 Å². The summed E-state index contributed by atoms with van der Waals surface area (Å²) in [5.41, 5.74) is 1.73. The number of hydrogen-bond acceptors (Lipinski definition) is 3. The summed E-state index contributed by atoms with van der Waals surface area (Å²) in [7, 11) is 0. The Kier molecular flexibility index (Phi) is 7.70. The summed E-state index contributed by atoms with van der Waals surface area (Å²) < 4.78 is 31.8. The first-order chi connectivity index (χ1) is 15.0. The van der Waals surface area contributed by atoms with Crippen molar-refractivity contribution in [3.8, 4) is 5.75 Å². The topological polar surface area (TPSA) is 67.4 Å². The molecule has 160 valence electrons. The van der Waals surface area contributed by atoms with Gasteiger partial charge in [-0.2, -0.15) is 0 Å². The van der Waals surface area contributed by atoms with Crippen molar-refractivity contribution < 1.29 is 23.1 Å². The Morgan fingerprint density at radius 1 is 0.903 bits per heavy atom. The number of rotatable bonds is 9. The van der Waals surface area contributed by atoms with Crippen molar-refractivity contribution in [2.45, 2.75) is 19.4 Å². The summed E-state index contributed by atoms with van der Waals surface area (Å²) in [5, 5.41) is 5.55. The van der Waals surface area contributed by atoms with Gasteiger partial charge in [0.25, 0.3) is 5.91 Å². The molecule has 0 bridgehead atoms. The lowest BCUT2D eigenvalue weighted by Crippen LogP contribution is -2.23. The number of hydrogen-bond donors (Lipinski definition) is 2. The van der Waals surface area contributed by atoms with E-state index in [0.717, 1.165) is 5.56 Å². The van der Waals surface area contributed by atoms with Gasteiger partial charge in [0.2, 0.25) is 5.91 Å². The normalized spacial score (nSPS) is 10.4. The monoisotopic (exact) mass is 424 g/mol. The molecule has 0 fully saturated rings. The second-order valence-corrected chi connectivity index (χ2v) is 6.82. The van der Waals surface area contributed by atoms with Gasteiger partial charge in [-0.15, -0.1) is 0 Å². The molecule has 0 unspecified atom stereocenters. The summed E-state index contributed by atoms with van der Waals surface area (Å²) in [6.45, 7) is 0.534. The first-order valence-corrected chi connectivity index (χ1v) is 9.81. The van der Waals surface area contributed by atoms with Gasteiger partial charge in [-0.1, -0.05) is 24.3 Å². The molecule has 2 amide bonds. The molecule has 0 aromatic heterocycles. The quantitative estimate of drug-likeness (QED) is 0.490. The highest BCUT2D eigenvalue weighted by molar-refractivity contribution is 6.04. The van der Waals surface area contributed by atoms with E-state index in [2.05, 4.69) is 10.6 Å². The molecule has 0 atom stereocenters. The Bertz CT molecular complexity index is 1040. The summed E-state index contributed by atoms with van der Waals surface area (Å²) in [6.07, 6.45) is 0.698. The minimum Gasteiger partial charge on any atom is -0.491 e. The van der Waals surface area contributed by atoms with Crippen LogP contribution in [0.3, 0.4) is 0 Å². The van der Waals surface area contributed by atoms with Gasteiger partial charge in [-0.3, -0.25) is 9.59 Å². The summed E-state index contributed by atoms with van der Waals surface area (Å²) in [6, 6.07) is 18.5. The highest BCUT2D eigenvalue weighted by Crippen LogP contribution is 2.16. The molecule has 0 aliphatic rings. The number of nitrogens with one attached hydrogen (secondary N) is 2. The SMILES string of the molecule is O=C(CCCOc1ccccc1F)NCc1cccc(NC(=O)c2ccc(F)cc2)c1. The van der Waals surface area contributed by atoms with E-state index in [4.69, 9.17) is 4.74 Å². The number of carbonyl (C=O) groups is 2. The first kappa shape index (κ1) is 22.0. The molecule has 0 heterocycles. The van der Waals surface area contributed by atoms with E-state index >= 15 is 0 Å². The molecule has 0 aliphatic heterocycles. The maximum Gasteiger partial charge on any atom is 0.255 e. The standard InChI is InChI=1S/C24H22F2N2O3/c25-19-12-10-18(11-13-19)24(30)28-20-6-3-5-17(15-20)16-27-23(29)9-4-14-31-22-8-2-1-7-21(22)26/h1-3,5-8,10-13,15H,4,9,14,16H2,(H,27,29)(H,28,30). The second-order valence-electron chi connectivity index (χ2n) is 6.82. The van der Waals surface area contributed by atoms with Gasteiger partial charge in [0, 0.05) is 24.2 Å². The molecule has 5 nitrogen and oxygen atoms in total. The van der Waals surface area contributed by atoms with E-state index in [1.165, 1.54) is 36.4 Å². The van der Waals surface area contributed by atoms with E-state index in [9.17, 15) is 18.4 Å². The molecule has 0 saturated carbocycles. The molecular formula is C24H22F2N2O3. The molecule has 0 radical (unpaired) electrons. The van der Waals surface area contributed by atoms with Crippen molar-refractivity contribution in [2.75, 3.05) is 11.9 Å². The maximum absolute atomic E-state index is 13.5. The van der Waals surface area contributed by atoms with Gasteiger partial charge in [-0.05, 0) is 60.5 Å². The van der Waals surface area contributed by atoms with Gasteiger partial charge in [-0.25, -0.2) is 8.78 Å². The minimum absolute atomic E-state index is 0.155. The van der Waals surface area contributed by atoms with Crippen LogP contribution in [0.1, 0.15) is 28.8 Å². The molecule has 2 N–H and O–H groups in total. The van der Waals surface area contributed by atoms with Crippen LogP contribution in [0.4, 0.5) is 14.5 Å². The lowest BCUT2D eigenvalue weighted by Gasteiger charge is -2.09. The van der Waals surface area contributed by atoms with E-state index in [0.29, 0.717) is 24.2 Å². The van der Waals surface area contributed by atoms with Crippen LogP contribution >= 0.6 is 0 Å². The average Bonchev–Trinajstić information content (AvgIpc) is 2.77. The fourth-order valence-electron chi connectivity index (χ4n) is 2.83. The van der Waals surface area contributed by atoms with Crippen LogP contribution in [-0.2, 0) is 11.3 Å². The minimum atomic E-state index is -0.432. The molecule has 3 aromatic carbocycles. The summed E-state index contributed by atoms with van der Waals surface area (Å²) >= 11 is 0. The molecule has 3 rings (SSSR count). The second kappa shape index (κ2) is 10.9. The van der Waals surface area contributed by atoms with Crippen LogP contribution in [0.25, 0.3) is 0 Å².